The Balaban J connectivity index is 2.15. The zero-order valence-electron chi connectivity index (χ0n) is 10.4. The molecule has 0 aromatic heterocycles. The lowest BCUT2D eigenvalue weighted by atomic mass is 10.0. The van der Waals surface area contributed by atoms with Crippen molar-refractivity contribution >= 4 is 34.2 Å². The zero-order chi connectivity index (χ0) is 13.0. The second-order valence-corrected chi connectivity index (χ2v) is 6.13. The fourth-order valence-electron chi connectivity index (χ4n) is 2.01. The van der Waals surface area contributed by atoms with E-state index in [4.69, 9.17) is 11.6 Å². The van der Waals surface area contributed by atoms with E-state index in [1.807, 2.05) is 12.1 Å². The molecule has 0 aliphatic rings. The topological polar surface area (TPSA) is 0 Å². The van der Waals surface area contributed by atoms with Crippen molar-refractivity contribution in [1.82, 2.24) is 0 Å². The van der Waals surface area contributed by atoms with Crippen LogP contribution in [-0.2, 0) is 12.8 Å². The van der Waals surface area contributed by atoms with Gasteiger partial charge in [0, 0.05) is 8.59 Å². The summed E-state index contributed by atoms with van der Waals surface area (Å²) in [6.45, 7) is 2.21. The van der Waals surface area contributed by atoms with Gasteiger partial charge in [-0.15, -0.1) is 0 Å². The Morgan fingerprint density at radius 1 is 1.00 bits per heavy atom. The third-order valence-electron chi connectivity index (χ3n) is 2.96. The second-order valence-electron chi connectivity index (χ2n) is 4.48. The van der Waals surface area contributed by atoms with Crippen molar-refractivity contribution in [3.8, 4) is 0 Å². The van der Waals surface area contributed by atoms with Gasteiger partial charge in [-0.1, -0.05) is 49.2 Å². The molecule has 0 aliphatic heterocycles. The molecule has 0 N–H and O–H groups in total. The first-order valence-electron chi connectivity index (χ1n) is 6.21. The molecule has 0 bridgehead atoms. The number of hydrogen-bond acceptors (Lipinski definition) is 0. The molecule has 94 valence electrons. The van der Waals surface area contributed by atoms with Gasteiger partial charge in [-0.2, -0.15) is 0 Å². The standard InChI is InChI=1S/C16H16ClI/c1-2-3-12-4-6-13(7-5-12)10-14-11-15(18)8-9-16(14)17/h4-9,11H,2-3,10H2,1H3. The Morgan fingerprint density at radius 3 is 2.33 bits per heavy atom. The summed E-state index contributed by atoms with van der Waals surface area (Å²) in [5.74, 6) is 0. The third kappa shape index (κ3) is 3.72. The molecule has 0 atom stereocenters. The van der Waals surface area contributed by atoms with Crippen LogP contribution in [0.3, 0.4) is 0 Å². The van der Waals surface area contributed by atoms with E-state index >= 15 is 0 Å². The number of benzene rings is 2. The fraction of sp³-hybridized carbons (Fsp3) is 0.250. The lowest BCUT2D eigenvalue weighted by Gasteiger charge is -2.06. The third-order valence-corrected chi connectivity index (χ3v) is 4.00. The molecule has 2 rings (SSSR count). The van der Waals surface area contributed by atoms with Crippen LogP contribution in [0.25, 0.3) is 0 Å². The maximum absolute atomic E-state index is 6.22. The zero-order valence-corrected chi connectivity index (χ0v) is 13.3. The van der Waals surface area contributed by atoms with Crippen molar-refractivity contribution < 1.29 is 0 Å². The van der Waals surface area contributed by atoms with Crippen LogP contribution in [0.1, 0.15) is 30.0 Å². The van der Waals surface area contributed by atoms with E-state index < -0.39 is 0 Å². The van der Waals surface area contributed by atoms with Gasteiger partial charge >= 0.3 is 0 Å². The summed E-state index contributed by atoms with van der Waals surface area (Å²) in [6.07, 6.45) is 3.26. The summed E-state index contributed by atoms with van der Waals surface area (Å²) >= 11 is 8.55. The van der Waals surface area contributed by atoms with E-state index in [9.17, 15) is 0 Å². The summed E-state index contributed by atoms with van der Waals surface area (Å²) in [5.41, 5.74) is 3.93. The van der Waals surface area contributed by atoms with Crippen molar-refractivity contribution in [2.75, 3.05) is 0 Å². The normalized spacial score (nSPS) is 10.6. The first-order chi connectivity index (χ1) is 8.69. The molecule has 18 heavy (non-hydrogen) atoms. The molecule has 0 amide bonds. The molecular weight excluding hydrogens is 355 g/mol. The highest BCUT2D eigenvalue weighted by Gasteiger charge is 2.03. The van der Waals surface area contributed by atoms with E-state index in [0.717, 1.165) is 17.9 Å². The highest BCUT2D eigenvalue weighted by Crippen LogP contribution is 2.22. The van der Waals surface area contributed by atoms with Crippen LogP contribution in [0.5, 0.6) is 0 Å². The van der Waals surface area contributed by atoms with Crippen molar-refractivity contribution in [2.24, 2.45) is 0 Å². The lowest BCUT2D eigenvalue weighted by Crippen LogP contribution is -1.91. The SMILES string of the molecule is CCCc1ccc(Cc2cc(I)ccc2Cl)cc1. The molecule has 0 saturated carbocycles. The molecule has 2 aromatic rings. The van der Waals surface area contributed by atoms with E-state index in [2.05, 4.69) is 59.8 Å². The quantitative estimate of drug-likeness (QED) is 0.624. The first kappa shape index (κ1) is 13.9. The van der Waals surface area contributed by atoms with Gasteiger partial charge in [0.15, 0.2) is 0 Å². The van der Waals surface area contributed by atoms with Crippen LogP contribution in [-0.4, -0.2) is 0 Å². The molecule has 2 aromatic carbocycles. The van der Waals surface area contributed by atoms with E-state index in [0.29, 0.717) is 0 Å². The molecule has 0 radical (unpaired) electrons. The Bertz CT molecular complexity index is 517. The maximum Gasteiger partial charge on any atom is 0.0442 e. The molecule has 0 aliphatic carbocycles. The van der Waals surface area contributed by atoms with Crippen molar-refractivity contribution in [3.05, 3.63) is 67.7 Å². The van der Waals surface area contributed by atoms with Crippen molar-refractivity contribution in [3.63, 3.8) is 0 Å². The van der Waals surface area contributed by atoms with E-state index in [1.54, 1.807) is 0 Å². The van der Waals surface area contributed by atoms with Gasteiger partial charge in [0.1, 0.15) is 0 Å². The minimum atomic E-state index is 0.855. The molecule has 0 heterocycles. The lowest BCUT2D eigenvalue weighted by molar-refractivity contribution is 0.920. The van der Waals surface area contributed by atoms with Gasteiger partial charge in [0.25, 0.3) is 0 Å². The summed E-state index contributed by atoms with van der Waals surface area (Å²) in [4.78, 5) is 0. The van der Waals surface area contributed by atoms with Crippen LogP contribution < -0.4 is 0 Å². The van der Waals surface area contributed by atoms with Crippen molar-refractivity contribution in [1.29, 1.82) is 0 Å². The van der Waals surface area contributed by atoms with Crippen LogP contribution in [0.15, 0.2) is 42.5 Å². The highest BCUT2D eigenvalue weighted by atomic mass is 127. The Labute approximate surface area is 128 Å². The first-order valence-corrected chi connectivity index (χ1v) is 7.66. The Kier molecular flexibility index (Phi) is 5.07. The van der Waals surface area contributed by atoms with Gasteiger partial charge in [-0.25, -0.2) is 0 Å². The predicted octanol–water partition coefficient (Wildman–Crippen LogP) is 5.49. The summed E-state index contributed by atoms with van der Waals surface area (Å²) in [5, 5.41) is 0.855. The van der Waals surface area contributed by atoms with Gasteiger partial charge < -0.3 is 0 Å². The molecular formula is C16H16ClI. The Hall–Kier alpha value is -0.540. The molecule has 0 fully saturated rings. The fourth-order valence-corrected chi connectivity index (χ4v) is 2.75. The van der Waals surface area contributed by atoms with Crippen LogP contribution in [0.4, 0.5) is 0 Å². The van der Waals surface area contributed by atoms with Gasteiger partial charge in [0.05, 0.1) is 0 Å². The average molecular weight is 371 g/mol. The van der Waals surface area contributed by atoms with E-state index in [-0.39, 0.29) is 0 Å². The Morgan fingerprint density at radius 2 is 1.67 bits per heavy atom. The number of halogens is 2. The highest BCUT2D eigenvalue weighted by molar-refractivity contribution is 14.1. The molecule has 0 saturated heterocycles. The molecule has 0 spiro atoms. The van der Waals surface area contributed by atoms with Crippen molar-refractivity contribution in [2.45, 2.75) is 26.2 Å². The summed E-state index contributed by atoms with van der Waals surface area (Å²) in [7, 11) is 0. The monoisotopic (exact) mass is 370 g/mol. The number of hydrogen-bond donors (Lipinski definition) is 0. The molecule has 2 heteroatoms. The second kappa shape index (κ2) is 6.58. The van der Waals surface area contributed by atoms with Gasteiger partial charge in [-0.05, 0) is 70.3 Å². The van der Waals surface area contributed by atoms with Crippen LogP contribution >= 0.6 is 34.2 Å². The minimum Gasteiger partial charge on any atom is -0.0840 e. The van der Waals surface area contributed by atoms with E-state index in [1.165, 1.54) is 26.7 Å². The molecule has 0 nitrogen and oxygen atoms in total. The summed E-state index contributed by atoms with van der Waals surface area (Å²) in [6, 6.07) is 15.0. The van der Waals surface area contributed by atoms with Crippen LogP contribution in [0, 0.1) is 3.57 Å². The van der Waals surface area contributed by atoms with Crippen LogP contribution in [0.2, 0.25) is 5.02 Å². The average Bonchev–Trinajstić information content (AvgIpc) is 2.37. The smallest absolute Gasteiger partial charge is 0.0442 e. The number of aryl methyl sites for hydroxylation is 1. The molecule has 0 unspecified atom stereocenters. The van der Waals surface area contributed by atoms with Gasteiger partial charge in [0.2, 0.25) is 0 Å². The predicted molar refractivity (Wildman–Crippen MR) is 87.4 cm³/mol. The minimum absolute atomic E-state index is 0.855. The largest absolute Gasteiger partial charge is 0.0840 e. The summed E-state index contributed by atoms with van der Waals surface area (Å²) < 4.78 is 1.23. The van der Waals surface area contributed by atoms with Gasteiger partial charge in [-0.3, -0.25) is 0 Å². The number of rotatable bonds is 4. The maximum atomic E-state index is 6.22.